The Labute approximate surface area is 106 Å². The van der Waals surface area contributed by atoms with E-state index < -0.39 is 0 Å². The topological polar surface area (TPSA) is 81.1 Å². The minimum absolute atomic E-state index is 0.171. The number of nitrogens with two attached hydrogens (primary N) is 2. The molecule has 0 bridgehead atoms. The zero-order valence-corrected chi connectivity index (χ0v) is 10.6. The highest BCUT2D eigenvalue weighted by Gasteiger charge is 2.01. The highest BCUT2D eigenvalue weighted by atomic mass is 32.2. The van der Waals surface area contributed by atoms with E-state index in [1.807, 2.05) is 23.9 Å². The number of hydrogen-bond acceptors (Lipinski definition) is 4. The van der Waals surface area contributed by atoms with Gasteiger partial charge in [0, 0.05) is 5.75 Å². The number of hydrogen-bond donors (Lipinski definition) is 3. The molecule has 0 aliphatic carbocycles. The van der Waals surface area contributed by atoms with Crippen LogP contribution < -0.4 is 17.0 Å². The first-order valence-corrected chi connectivity index (χ1v) is 6.77. The van der Waals surface area contributed by atoms with Crippen LogP contribution in [0.2, 0.25) is 0 Å². The van der Waals surface area contributed by atoms with Crippen LogP contribution in [0.3, 0.4) is 0 Å². The van der Waals surface area contributed by atoms with Gasteiger partial charge in [-0.25, -0.2) is 5.84 Å². The number of carbonyl (C=O) groups excluding carboxylic acids is 1. The van der Waals surface area contributed by atoms with Crippen molar-refractivity contribution in [1.29, 1.82) is 0 Å². The zero-order chi connectivity index (χ0) is 12.5. The van der Waals surface area contributed by atoms with Gasteiger partial charge in [0.15, 0.2) is 0 Å². The number of nitrogens with one attached hydrogen (secondary N) is 1. The Hall–Kier alpha value is -1.04. The van der Waals surface area contributed by atoms with Gasteiger partial charge in [-0.1, -0.05) is 24.3 Å². The molecule has 17 heavy (non-hydrogen) atoms. The lowest BCUT2D eigenvalue weighted by Gasteiger charge is -2.04. The fourth-order valence-corrected chi connectivity index (χ4v) is 2.31. The van der Waals surface area contributed by atoms with E-state index in [0.717, 1.165) is 30.0 Å². The third kappa shape index (κ3) is 5.72. The average molecular weight is 253 g/mol. The van der Waals surface area contributed by atoms with Crippen molar-refractivity contribution < 1.29 is 4.79 Å². The van der Waals surface area contributed by atoms with Gasteiger partial charge in [0.1, 0.15) is 0 Å². The number of amides is 1. The Morgan fingerprint density at radius 2 is 1.88 bits per heavy atom. The molecule has 0 aliphatic heterocycles. The van der Waals surface area contributed by atoms with E-state index in [4.69, 9.17) is 11.6 Å². The Morgan fingerprint density at radius 3 is 2.47 bits per heavy atom. The number of carbonyl (C=O) groups is 1. The molecule has 94 valence electrons. The lowest BCUT2D eigenvalue weighted by Crippen LogP contribution is -2.31. The molecule has 0 saturated carbocycles. The van der Waals surface area contributed by atoms with E-state index in [1.165, 1.54) is 5.56 Å². The van der Waals surface area contributed by atoms with Crippen LogP contribution in [0.4, 0.5) is 0 Å². The Bertz CT molecular complexity index is 340. The predicted octanol–water partition coefficient (Wildman–Crippen LogP) is 0.801. The third-order valence-corrected chi connectivity index (χ3v) is 3.42. The van der Waals surface area contributed by atoms with Crippen molar-refractivity contribution in [3.05, 3.63) is 35.4 Å². The molecular weight excluding hydrogens is 234 g/mol. The fraction of sp³-hybridized carbons (Fsp3) is 0.417. The van der Waals surface area contributed by atoms with Crippen molar-refractivity contribution in [1.82, 2.24) is 5.43 Å². The van der Waals surface area contributed by atoms with Crippen LogP contribution in [0, 0.1) is 0 Å². The first-order valence-electron chi connectivity index (χ1n) is 5.61. The number of hydrazine groups is 1. The van der Waals surface area contributed by atoms with Crippen molar-refractivity contribution in [2.24, 2.45) is 11.6 Å². The number of thioether (sulfide) groups is 1. The molecule has 1 aromatic carbocycles. The predicted molar refractivity (Wildman–Crippen MR) is 72.3 cm³/mol. The standard InChI is InChI=1S/C12H19N3OS/c13-6-1-7-17-9-11-4-2-10(3-5-11)8-12(16)15-14/h2-5H,1,6-9,13-14H2,(H,15,16). The Morgan fingerprint density at radius 1 is 1.24 bits per heavy atom. The SMILES string of the molecule is NCCCSCc1ccc(CC(=O)NN)cc1. The van der Waals surface area contributed by atoms with Crippen LogP contribution in [0.15, 0.2) is 24.3 Å². The van der Waals surface area contributed by atoms with Crippen LogP contribution in [-0.2, 0) is 17.0 Å². The molecule has 5 heteroatoms. The maximum atomic E-state index is 11.1. The molecule has 0 aromatic heterocycles. The normalized spacial score (nSPS) is 10.2. The highest BCUT2D eigenvalue weighted by Crippen LogP contribution is 2.14. The number of benzene rings is 1. The molecule has 0 unspecified atom stereocenters. The van der Waals surface area contributed by atoms with Crippen molar-refractivity contribution in [2.75, 3.05) is 12.3 Å². The minimum atomic E-state index is -0.171. The fourth-order valence-electron chi connectivity index (χ4n) is 1.37. The van der Waals surface area contributed by atoms with Crippen molar-refractivity contribution in [3.8, 4) is 0 Å². The van der Waals surface area contributed by atoms with Gasteiger partial charge in [-0.05, 0) is 29.8 Å². The summed E-state index contributed by atoms with van der Waals surface area (Å²) in [7, 11) is 0. The second-order valence-electron chi connectivity index (χ2n) is 3.76. The molecule has 1 amide bonds. The summed E-state index contributed by atoms with van der Waals surface area (Å²) in [6.07, 6.45) is 1.39. The molecule has 0 atom stereocenters. The summed E-state index contributed by atoms with van der Waals surface area (Å²) in [5.41, 5.74) is 9.79. The first-order chi connectivity index (χ1) is 8.26. The van der Waals surface area contributed by atoms with Gasteiger partial charge in [-0.2, -0.15) is 11.8 Å². The summed E-state index contributed by atoms with van der Waals surface area (Å²) in [6, 6.07) is 8.03. The molecule has 0 radical (unpaired) electrons. The lowest BCUT2D eigenvalue weighted by atomic mass is 10.1. The third-order valence-electron chi connectivity index (χ3n) is 2.31. The van der Waals surface area contributed by atoms with E-state index in [0.29, 0.717) is 6.42 Å². The molecule has 1 rings (SSSR count). The Balaban J connectivity index is 2.36. The molecule has 0 fully saturated rings. The second kappa shape index (κ2) is 8.11. The summed E-state index contributed by atoms with van der Waals surface area (Å²) in [6.45, 7) is 0.750. The molecule has 1 aromatic rings. The van der Waals surface area contributed by atoms with Gasteiger partial charge in [0.05, 0.1) is 6.42 Å². The zero-order valence-electron chi connectivity index (χ0n) is 9.82. The second-order valence-corrected chi connectivity index (χ2v) is 4.86. The maximum Gasteiger partial charge on any atom is 0.238 e. The van der Waals surface area contributed by atoms with Crippen LogP contribution in [0.5, 0.6) is 0 Å². The van der Waals surface area contributed by atoms with E-state index in [-0.39, 0.29) is 5.91 Å². The van der Waals surface area contributed by atoms with Crippen molar-refractivity contribution in [2.45, 2.75) is 18.6 Å². The van der Waals surface area contributed by atoms with Crippen LogP contribution >= 0.6 is 11.8 Å². The Kier molecular flexibility index (Phi) is 6.69. The van der Waals surface area contributed by atoms with Crippen LogP contribution in [0.1, 0.15) is 17.5 Å². The van der Waals surface area contributed by atoms with E-state index in [9.17, 15) is 4.79 Å². The van der Waals surface area contributed by atoms with E-state index in [1.54, 1.807) is 0 Å². The van der Waals surface area contributed by atoms with Crippen LogP contribution in [-0.4, -0.2) is 18.2 Å². The largest absolute Gasteiger partial charge is 0.330 e. The molecule has 0 aliphatic rings. The van der Waals surface area contributed by atoms with Crippen molar-refractivity contribution in [3.63, 3.8) is 0 Å². The molecule has 0 spiro atoms. The maximum absolute atomic E-state index is 11.1. The molecule has 5 N–H and O–H groups in total. The minimum Gasteiger partial charge on any atom is -0.330 e. The first kappa shape index (κ1) is 14.0. The molecule has 4 nitrogen and oxygen atoms in total. The summed E-state index contributed by atoms with van der Waals surface area (Å²) in [4.78, 5) is 11.1. The van der Waals surface area contributed by atoms with Gasteiger partial charge in [-0.3, -0.25) is 10.2 Å². The van der Waals surface area contributed by atoms with Gasteiger partial charge in [-0.15, -0.1) is 0 Å². The quantitative estimate of drug-likeness (QED) is 0.290. The van der Waals surface area contributed by atoms with E-state index >= 15 is 0 Å². The number of rotatable bonds is 7. The monoisotopic (exact) mass is 253 g/mol. The summed E-state index contributed by atoms with van der Waals surface area (Å²) in [5, 5.41) is 0. The smallest absolute Gasteiger partial charge is 0.238 e. The van der Waals surface area contributed by atoms with Gasteiger partial charge < -0.3 is 5.73 Å². The summed E-state index contributed by atoms with van der Waals surface area (Å²) >= 11 is 1.88. The summed E-state index contributed by atoms with van der Waals surface area (Å²) < 4.78 is 0. The lowest BCUT2D eigenvalue weighted by molar-refractivity contribution is -0.120. The van der Waals surface area contributed by atoms with Crippen molar-refractivity contribution >= 4 is 17.7 Å². The van der Waals surface area contributed by atoms with Gasteiger partial charge in [0.25, 0.3) is 0 Å². The molecule has 0 saturated heterocycles. The van der Waals surface area contributed by atoms with Gasteiger partial charge in [0.2, 0.25) is 5.91 Å². The van der Waals surface area contributed by atoms with Crippen LogP contribution in [0.25, 0.3) is 0 Å². The summed E-state index contributed by atoms with van der Waals surface area (Å²) in [5.74, 6) is 6.94. The highest BCUT2D eigenvalue weighted by molar-refractivity contribution is 7.98. The van der Waals surface area contributed by atoms with Gasteiger partial charge >= 0.3 is 0 Å². The molecule has 0 heterocycles. The molecular formula is C12H19N3OS. The average Bonchev–Trinajstić information content (AvgIpc) is 2.36. The van der Waals surface area contributed by atoms with E-state index in [2.05, 4.69) is 17.6 Å².